The zero-order chi connectivity index (χ0) is 13.6. The van der Waals surface area contributed by atoms with Gasteiger partial charge in [-0.05, 0) is 49.7 Å². The molecule has 0 saturated carbocycles. The molecule has 0 aromatic heterocycles. The Morgan fingerprint density at radius 2 is 1.67 bits per heavy atom. The van der Waals surface area contributed by atoms with Gasteiger partial charge < -0.3 is 14.0 Å². The molecule has 1 saturated heterocycles. The molecule has 1 fully saturated rings. The van der Waals surface area contributed by atoms with E-state index in [4.69, 9.17) is 14.0 Å². The van der Waals surface area contributed by atoms with E-state index in [0.29, 0.717) is 0 Å². The van der Waals surface area contributed by atoms with Gasteiger partial charge in [0.1, 0.15) is 5.75 Å². The van der Waals surface area contributed by atoms with Crippen LogP contribution in [0, 0.1) is 0 Å². The molecule has 0 N–H and O–H groups in total. The van der Waals surface area contributed by atoms with Crippen LogP contribution in [0.25, 0.3) is 0 Å². The molecule has 0 radical (unpaired) electrons. The van der Waals surface area contributed by atoms with Crippen molar-refractivity contribution in [1.29, 1.82) is 0 Å². The Bertz CT molecular complexity index is 444. The van der Waals surface area contributed by atoms with E-state index in [1.54, 1.807) is 7.11 Å². The van der Waals surface area contributed by atoms with Crippen molar-refractivity contribution in [1.82, 2.24) is 0 Å². The lowest BCUT2D eigenvalue weighted by Crippen LogP contribution is -2.41. The second-order valence-electron chi connectivity index (χ2n) is 5.45. The summed E-state index contributed by atoms with van der Waals surface area (Å²) in [5.74, 6) is 0.760. The molecule has 0 amide bonds. The van der Waals surface area contributed by atoms with E-state index in [1.165, 1.54) is 0 Å². The van der Waals surface area contributed by atoms with Gasteiger partial charge in [-0.15, -0.1) is 0 Å². The lowest BCUT2D eigenvalue weighted by atomic mass is 9.78. The van der Waals surface area contributed by atoms with E-state index in [9.17, 15) is 0 Å². The van der Waals surface area contributed by atoms with Gasteiger partial charge in [-0.25, -0.2) is 0 Å². The highest BCUT2D eigenvalue weighted by molar-refractivity contribution is 9.10. The van der Waals surface area contributed by atoms with Crippen LogP contribution >= 0.6 is 15.9 Å². The molecule has 1 aromatic rings. The maximum absolute atomic E-state index is 6.02. The molecule has 18 heavy (non-hydrogen) atoms. The molecule has 0 atom stereocenters. The van der Waals surface area contributed by atoms with E-state index < -0.39 is 7.12 Å². The molecule has 0 unspecified atom stereocenters. The highest BCUT2D eigenvalue weighted by atomic mass is 79.9. The van der Waals surface area contributed by atoms with E-state index in [0.717, 1.165) is 15.7 Å². The average molecular weight is 313 g/mol. The molecule has 0 aliphatic carbocycles. The zero-order valence-corrected chi connectivity index (χ0v) is 13.0. The number of methoxy groups -OCH3 is 1. The van der Waals surface area contributed by atoms with Crippen molar-refractivity contribution in [2.45, 2.75) is 38.9 Å². The Balaban J connectivity index is 2.38. The molecule has 98 valence electrons. The average Bonchev–Trinajstić information content (AvgIpc) is 2.47. The third-order valence-electron chi connectivity index (χ3n) is 3.71. The molecular weight excluding hydrogens is 295 g/mol. The number of halogens is 1. The monoisotopic (exact) mass is 312 g/mol. The Labute approximate surface area is 117 Å². The van der Waals surface area contributed by atoms with Crippen molar-refractivity contribution >= 4 is 28.5 Å². The third-order valence-corrected chi connectivity index (χ3v) is 4.33. The number of hydrogen-bond donors (Lipinski definition) is 0. The Hall–Kier alpha value is -0.515. The summed E-state index contributed by atoms with van der Waals surface area (Å²) in [6.45, 7) is 8.16. The summed E-state index contributed by atoms with van der Waals surface area (Å²) >= 11 is 3.48. The van der Waals surface area contributed by atoms with Gasteiger partial charge in [0, 0.05) is 5.46 Å². The Morgan fingerprint density at radius 3 is 2.17 bits per heavy atom. The molecular formula is C13H18BBrO3. The first-order chi connectivity index (χ1) is 8.28. The fraction of sp³-hybridized carbons (Fsp3) is 0.538. The summed E-state index contributed by atoms with van der Waals surface area (Å²) in [6.07, 6.45) is 0. The van der Waals surface area contributed by atoms with Crippen molar-refractivity contribution < 1.29 is 14.0 Å². The maximum Gasteiger partial charge on any atom is 0.498 e. The number of rotatable bonds is 2. The molecule has 1 aliphatic heterocycles. The normalized spacial score (nSPS) is 21.1. The van der Waals surface area contributed by atoms with Crippen LogP contribution in [0.5, 0.6) is 5.75 Å². The van der Waals surface area contributed by atoms with Crippen molar-refractivity contribution in [3.05, 3.63) is 22.7 Å². The smallest absolute Gasteiger partial charge is 0.496 e. The van der Waals surface area contributed by atoms with Gasteiger partial charge in [0.25, 0.3) is 0 Å². The summed E-state index contributed by atoms with van der Waals surface area (Å²) in [6, 6.07) is 5.85. The Kier molecular flexibility index (Phi) is 3.51. The lowest BCUT2D eigenvalue weighted by Gasteiger charge is -2.32. The minimum absolute atomic E-state index is 0.342. The third kappa shape index (κ3) is 2.19. The summed E-state index contributed by atoms with van der Waals surface area (Å²) in [7, 11) is 1.25. The van der Waals surface area contributed by atoms with Gasteiger partial charge in [-0.1, -0.05) is 12.1 Å². The van der Waals surface area contributed by atoms with Crippen molar-refractivity contribution in [3.63, 3.8) is 0 Å². The largest absolute Gasteiger partial charge is 0.498 e. The van der Waals surface area contributed by atoms with Crippen LogP contribution in [-0.4, -0.2) is 25.4 Å². The number of ether oxygens (including phenoxy) is 1. The standard InChI is InChI=1S/C13H18BBrO3/c1-12(2)13(3,4)18-14(17-12)9-7-6-8-10(15)11(9)16-5/h6-8H,1-5H3. The number of para-hydroxylation sites is 1. The molecule has 0 spiro atoms. The van der Waals surface area contributed by atoms with E-state index in [2.05, 4.69) is 15.9 Å². The summed E-state index contributed by atoms with van der Waals surface area (Å²) in [5, 5.41) is 0. The second-order valence-corrected chi connectivity index (χ2v) is 6.30. The zero-order valence-electron chi connectivity index (χ0n) is 11.4. The van der Waals surface area contributed by atoms with Crippen molar-refractivity contribution in [3.8, 4) is 5.75 Å². The van der Waals surface area contributed by atoms with Crippen LogP contribution < -0.4 is 10.2 Å². The van der Waals surface area contributed by atoms with Crippen molar-refractivity contribution in [2.24, 2.45) is 0 Å². The molecule has 1 aromatic carbocycles. The predicted molar refractivity (Wildman–Crippen MR) is 76.4 cm³/mol. The van der Waals surface area contributed by atoms with Crippen LogP contribution in [0.2, 0.25) is 0 Å². The van der Waals surface area contributed by atoms with E-state index >= 15 is 0 Å². The first kappa shape index (κ1) is 13.9. The number of hydrogen-bond acceptors (Lipinski definition) is 3. The quantitative estimate of drug-likeness (QED) is 0.786. The molecule has 0 bridgehead atoms. The lowest BCUT2D eigenvalue weighted by molar-refractivity contribution is 0.00578. The predicted octanol–water partition coefficient (Wildman–Crippen LogP) is 2.76. The Morgan fingerprint density at radius 1 is 1.11 bits per heavy atom. The molecule has 2 rings (SSSR count). The van der Waals surface area contributed by atoms with Crippen LogP contribution in [0.3, 0.4) is 0 Å². The van der Waals surface area contributed by atoms with Crippen LogP contribution in [0.4, 0.5) is 0 Å². The molecule has 1 heterocycles. The van der Waals surface area contributed by atoms with E-state index in [-0.39, 0.29) is 11.2 Å². The SMILES string of the molecule is COc1c(Br)cccc1B1OC(C)(C)C(C)(C)O1. The van der Waals surface area contributed by atoms with Gasteiger partial charge in [-0.2, -0.15) is 0 Å². The number of benzene rings is 1. The minimum Gasteiger partial charge on any atom is -0.496 e. The first-order valence-corrected chi connectivity index (χ1v) is 6.76. The molecule has 1 aliphatic rings. The highest BCUT2D eigenvalue weighted by Gasteiger charge is 2.52. The summed E-state index contributed by atoms with van der Waals surface area (Å²) in [4.78, 5) is 0. The first-order valence-electron chi connectivity index (χ1n) is 5.96. The van der Waals surface area contributed by atoms with Crippen LogP contribution in [0.1, 0.15) is 27.7 Å². The topological polar surface area (TPSA) is 27.7 Å². The minimum atomic E-state index is -0.401. The van der Waals surface area contributed by atoms with Gasteiger partial charge in [0.15, 0.2) is 0 Å². The highest BCUT2D eigenvalue weighted by Crippen LogP contribution is 2.37. The second kappa shape index (κ2) is 4.55. The van der Waals surface area contributed by atoms with Gasteiger partial charge in [0.2, 0.25) is 0 Å². The summed E-state index contributed by atoms with van der Waals surface area (Å²) in [5.41, 5.74) is 0.223. The fourth-order valence-electron chi connectivity index (χ4n) is 1.90. The molecule has 5 heteroatoms. The van der Waals surface area contributed by atoms with Gasteiger partial charge >= 0.3 is 7.12 Å². The van der Waals surface area contributed by atoms with E-state index in [1.807, 2.05) is 45.9 Å². The van der Waals surface area contributed by atoms with Crippen LogP contribution in [-0.2, 0) is 9.31 Å². The van der Waals surface area contributed by atoms with Crippen molar-refractivity contribution in [2.75, 3.05) is 7.11 Å². The summed E-state index contributed by atoms with van der Waals surface area (Å²) < 4.78 is 18.4. The maximum atomic E-state index is 6.02. The van der Waals surface area contributed by atoms with Gasteiger partial charge in [0.05, 0.1) is 22.8 Å². The fourth-order valence-corrected chi connectivity index (χ4v) is 2.44. The molecule has 3 nitrogen and oxygen atoms in total. The van der Waals surface area contributed by atoms with Gasteiger partial charge in [-0.3, -0.25) is 0 Å². The van der Waals surface area contributed by atoms with Crippen LogP contribution in [0.15, 0.2) is 22.7 Å².